The van der Waals surface area contributed by atoms with Gasteiger partial charge in [0.2, 0.25) is 0 Å². The number of hydrogen-bond donors (Lipinski definition) is 2. The molecule has 0 aliphatic carbocycles. The number of carbonyl (C=O) groups is 3. The van der Waals surface area contributed by atoms with Crippen molar-refractivity contribution in [2.45, 2.75) is 19.9 Å². The highest BCUT2D eigenvalue weighted by Gasteiger charge is 2.34. The second kappa shape index (κ2) is 10.2. The third-order valence-electron chi connectivity index (χ3n) is 4.63. The van der Waals surface area contributed by atoms with E-state index >= 15 is 0 Å². The molecular formula is C24H24N2O5. The summed E-state index contributed by atoms with van der Waals surface area (Å²) in [5.41, 5.74) is 3.07. The predicted molar refractivity (Wildman–Crippen MR) is 116 cm³/mol. The molecule has 0 unspecified atom stereocenters. The molecular weight excluding hydrogens is 396 g/mol. The number of amides is 2. The highest BCUT2D eigenvalue weighted by molar-refractivity contribution is 5.95. The molecule has 2 aromatic rings. The van der Waals surface area contributed by atoms with Gasteiger partial charge in [-0.15, -0.1) is 0 Å². The number of nitrogens with one attached hydrogen (secondary N) is 2. The van der Waals surface area contributed by atoms with E-state index in [-0.39, 0.29) is 24.5 Å². The lowest BCUT2D eigenvalue weighted by atomic mass is 9.95. The molecule has 7 nitrogen and oxygen atoms in total. The summed E-state index contributed by atoms with van der Waals surface area (Å²) in [6.45, 7) is 3.57. The number of benzene rings is 2. The quantitative estimate of drug-likeness (QED) is 0.529. The van der Waals surface area contributed by atoms with Crippen molar-refractivity contribution in [2.75, 3.05) is 13.2 Å². The van der Waals surface area contributed by atoms with E-state index in [1.165, 1.54) is 6.08 Å². The van der Waals surface area contributed by atoms with Crippen LogP contribution in [-0.2, 0) is 19.1 Å². The van der Waals surface area contributed by atoms with Crippen LogP contribution >= 0.6 is 0 Å². The summed E-state index contributed by atoms with van der Waals surface area (Å²) in [5, 5.41) is 5.30. The van der Waals surface area contributed by atoms with Crippen molar-refractivity contribution in [3.8, 4) is 0 Å². The minimum absolute atomic E-state index is 0.171. The van der Waals surface area contributed by atoms with Crippen LogP contribution in [0, 0.1) is 6.92 Å². The summed E-state index contributed by atoms with van der Waals surface area (Å²) >= 11 is 0. The van der Waals surface area contributed by atoms with Crippen LogP contribution in [0.15, 0.2) is 71.9 Å². The Kier molecular flexibility index (Phi) is 7.22. The predicted octanol–water partition coefficient (Wildman–Crippen LogP) is 3.42. The van der Waals surface area contributed by atoms with Crippen LogP contribution in [0.25, 0.3) is 6.08 Å². The number of carbonyl (C=O) groups excluding carboxylic acids is 3. The fraction of sp³-hybridized carbons (Fsp3) is 0.208. The summed E-state index contributed by atoms with van der Waals surface area (Å²) < 4.78 is 10.5. The zero-order valence-corrected chi connectivity index (χ0v) is 17.4. The molecule has 2 amide bonds. The van der Waals surface area contributed by atoms with E-state index in [1.807, 2.05) is 49.4 Å². The standard InChI is InChI=1S/C24H24N2O5/c1-3-30-23(28)21-19(25-24(29)26-22(21)18-7-5-4-6-8-18)15-31-20(27)14-13-17-11-9-16(2)10-12-17/h4-14,22H,3,15H2,1-2H3,(H2,25,26,29)/b14-13+/t22-/m1/s1. The number of urea groups is 1. The molecule has 3 rings (SSSR count). The Bertz CT molecular complexity index is 1010. The maximum absolute atomic E-state index is 12.7. The van der Waals surface area contributed by atoms with Gasteiger partial charge in [-0.05, 0) is 31.1 Å². The average Bonchev–Trinajstić information content (AvgIpc) is 2.77. The number of aryl methyl sites for hydroxylation is 1. The Balaban J connectivity index is 1.80. The van der Waals surface area contributed by atoms with Gasteiger partial charge in [-0.2, -0.15) is 0 Å². The van der Waals surface area contributed by atoms with Crippen LogP contribution in [0.5, 0.6) is 0 Å². The molecule has 1 atom stereocenters. The van der Waals surface area contributed by atoms with Crippen molar-refractivity contribution < 1.29 is 23.9 Å². The summed E-state index contributed by atoms with van der Waals surface area (Å²) in [4.78, 5) is 37.0. The molecule has 1 heterocycles. The molecule has 0 bridgehead atoms. The lowest BCUT2D eigenvalue weighted by Crippen LogP contribution is -2.47. The Morgan fingerprint density at radius 3 is 2.42 bits per heavy atom. The first-order chi connectivity index (χ1) is 15.0. The van der Waals surface area contributed by atoms with Crippen molar-refractivity contribution in [3.63, 3.8) is 0 Å². The number of rotatable bonds is 7. The molecule has 0 spiro atoms. The monoisotopic (exact) mass is 420 g/mol. The van der Waals surface area contributed by atoms with E-state index < -0.39 is 24.0 Å². The van der Waals surface area contributed by atoms with Crippen molar-refractivity contribution in [1.29, 1.82) is 0 Å². The minimum Gasteiger partial charge on any atom is -0.463 e. The summed E-state index contributed by atoms with van der Waals surface area (Å²) in [6.07, 6.45) is 2.93. The van der Waals surface area contributed by atoms with Gasteiger partial charge in [-0.25, -0.2) is 14.4 Å². The molecule has 7 heteroatoms. The van der Waals surface area contributed by atoms with Crippen LogP contribution in [0.1, 0.15) is 29.7 Å². The van der Waals surface area contributed by atoms with Gasteiger partial charge in [0.25, 0.3) is 0 Å². The van der Waals surface area contributed by atoms with Crippen molar-refractivity contribution >= 4 is 24.0 Å². The largest absolute Gasteiger partial charge is 0.463 e. The van der Waals surface area contributed by atoms with Gasteiger partial charge < -0.3 is 20.1 Å². The van der Waals surface area contributed by atoms with E-state index in [9.17, 15) is 14.4 Å². The normalized spacial score (nSPS) is 15.9. The van der Waals surface area contributed by atoms with Gasteiger partial charge in [-0.3, -0.25) is 0 Å². The first-order valence-electron chi connectivity index (χ1n) is 9.92. The van der Waals surface area contributed by atoms with E-state index in [4.69, 9.17) is 9.47 Å². The first kappa shape index (κ1) is 21.8. The van der Waals surface area contributed by atoms with Crippen LogP contribution in [-0.4, -0.2) is 31.2 Å². The van der Waals surface area contributed by atoms with Crippen LogP contribution in [0.4, 0.5) is 4.79 Å². The Morgan fingerprint density at radius 1 is 1.03 bits per heavy atom. The third-order valence-corrected chi connectivity index (χ3v) is 4.63. The SMILES string of the molecule is CCOC(=O)C1=C(COC(=O)/C=C/c2ccc(C)cc2)NC(=O)N[C@@H]1c1ccccc1. The second-order valence-corrected chi connectivity index (χ2v) is 6.91. The van der Waals surface area contributed by atoms with Gasteiger partial charge in [0.1, 0.15) is 6.61 Å². The lowest BCUT2D eigenvalue weighted by molar-refractivity contribution is -0.140. The molecule has 1 aliphatic heterocycles. The molecule has 2 N–H and O–H groups in total. The van der Waals surface area contributed by atoms with Gasteiger partial charge in [0.15, 0.2) is 0 Å². The van der Waals surface area contributed by atoms with Gasteiger partial charge in [0, 0.05) is 6.08 Å². The molecule has 1 aliphatic rings. The smallest absolute Gasteiger partial charge is 0.338 e. The zero-order valence-electron chi connectivity index (χ0n) is 17.4. The zero-order chi connectivity index (χ0) is 22.2. The molecule has 31 heavy (non-hydrogen) atoms. The topological polar surface area (TPSA) is 93.7 Å². The highest BCUT2D eigenvalue weighted by atomic mass is 16.5. The lowest BCUT2D eigenvalue weighted by Gasteiger charge is -2.29. The van der Waals surface area contributed by atoms with E-state index in [0.29, 0.717) is 5.56 Å². The Morgan fingerprint density at radius 2 is 1.74 bits per heavy atom. The van der Waals surface area contributed by atoms with Crippen molar-refractivity contribution in [2.24, 2.45) is 0 Å². The van der Waals surface area contributed by atoms with Gasteiger partial charge in [0.05, 0.1) is 23.9 Å². The van der Waals surface area contributed by atoms with Crippen molar-refractivity contribution in [3.05, 3.63) is 88.6 Å². The second-order valence-electron chi connectivity index (χ2n) is 6.91. The molecule has 160 valence electrons. The third kappa shape index (κ3) is 5.82. The number of ether oxygens (including phenoxy) is 2. The molecule has 0 saturated heterocycles. The maximum Gasteiger partial charge on any atom is 0.338 e. The fourth-order valence-corrected chi connectivity index (χ4v) is 3.11. The maximum atomic E-state index is 12.7. The summed E-state index contributed by atoms with van der Waals surface area (Å²) in [7, 11) is 0. The van der Waals surface area contributed by atoms with Crippen LogP contribution < -0.4 is 10.6 Å². The van der Waals surface area contributed by atoms with Gasteiger partial charge in [-0.1, -0.05) is 60.2 Å². The molecule has 2 aromatic carbocycles. The van der Waals surface area contributed by atoms with E-state index in [2.05, 4.69) is 10.6 Å². The molecule has 0 radical (unpaired) electrons. The number of esters is 2. The molecule has 0 saturated carbocycles. The van der Waals surface area contributed by atoms with E-state index in [1.54, 1.807) is 25.1 Å². The highest BCUT2D eigenvalue weighted by Crippen LogP contribution is 2.27. The van der Waals surface area contributed by atoms with Crippen LogP contribution in [0.2, 0.25) is 0 Å². The summed E-state index contributed by atoms with van der Waals surface area (Å²) in [5.74, 6) is -1.19. The fourth-order valence-electron chi connectivity index (χ4n) is 3.11. The minimum atomic E-state index is -0.717. The molecule has 0 fully saturated rings. The van der Waals surface area contributed by atoms with Crippen molar-refractivity contribution in [1.82, 2.24) is 10.6 Å². The Labute approximate surface area is 180 Å². The average molecular weight is 420 g/mol. The number of hydrogen-bond acceptors (Lipinski definition) is 5. The Hall–Kier alpha value is -3.87. The van der Waals surface area contributed by atoms with Gasteiger partial charge >= 0.3 is 18.0 Å². The summed E-state index contributed by atoms with van der Waals surface area (Å²) in [6, 6.07) is 15.5. The first-order valence-corrected chi connectivity index (χ1v) is 9.92. The van der Waals surface area contributed by atoms with Crippen LogP contribution in [0.3, 0.4) is 0 Å². The molecule has 0 aromatic heterocycles. The van der Waals surface area contributed by atoms with E-state index in [0.717, 1.165) is 11.1 Å².